The molecule has 0 aliphatic heterocycles. The van der Waals surface area contributed by atoms with Gasteiger partial charge in [0.15, 0.2) is 6.29 Å². The van der Waals surface area contributed by atoms with Crippen LogP contribution in [0.5, 0.6) is 0 Å². The van der Waals surface area contributed by atoms with Crippen molar-refractivity contribution in [1.29, 1.82) is 0 Å². The fourth-order valence-electron chi connectivity index (χ4n) is 1.05. The molecule has 0 bridgehead atoms. The number of alkyl halides is 1. The van der Waals surface area contributed by atoms with Gasteiger partial charge in [0.2, 0.25) is 0 Å². The molecule has 0 N–H and O–H groups in total. The zero-order valence-electron chi connectivity index (χ0n) is 7.74. The molecule has 74 valence electrons. The fourth-order valence-corrected chi connectivity index (χ4v) is 1.28. The third-order valence-corrected chi connectivity index (χ3v) is 2.60. The molecule has 1 amide bonds. The highest BCUT2D eigenvalue weighted by molar-refractivity contribution is 9.09. The van der Waals surface area contributed by atoms with Gasteiger partial charge in [-0.05, 0) is 6.07 Å². The van der Waals surface area contributed by atoms with Crippen molar-refractivity contribution in [2.24, 2.45) is 0 Å². The number of rotatable bonds is 3. The van der Waals surface area contributed by atoms with Gasteiger partial charge < -0.3 is 4.90 Å². The Morgan fingerprint density at radius 2 is 2.14 bits per heavy atom. The smallest absolute Gasteiger partial charge is 0.255 e. The van der Waals surface area contributed by atoms with E-state index in [1.165, 1.54) is 4.90 Å². The molecule has 0 aliphatic carbocycles. The maximum absolute atomic E-state index is 11.7. The van der Waals surface area contributed by atoms with Crippen LogP contribution < -0.4 is 0 Å². The predicted molar refractivity (Wildman–Crippen MR) is 57.7 cm³/mol. The van der Waals surface area contributed by atoms with Gasteiger partial charge in [0.25, 0.3) is 5.91 Å². The van der Waals surface area contributed by atoms with E-state index in [-0.39, 0.29) is 5.91 Å². The van der Waals surface area contributed by atoms with Crippen LogP contribution in [0.15, 0.2) is 24.3 Å². The molecule has 0 spiro atoms. The van der Waals surface area contributed by atoms with Gasteiger partial charge in [-0.25, -0.2) is 0 Å². The maximum atomic E-state index is 11.7. The first kappa shape index (κ1) is 10.9. The third-order valence-electron chi connectivity index (χ3n) is 1.84. The SMILES string of the molecule is CN(CBr)C(=O)c1ccccc1C=O. The van der Waals surface area contributed by atoms with E-state index in [4.69, 9.17) is 0 Å². The second-order valence-electron chi connectivity index (χ2n) is 2.83. The summed E-state index contributed by atoms with van der Waals surface area (Å²) in [7, 11) is 1.67. The molecule has 0 fully saturated rings. The van der Waals surface area contributed by atoms with E-state index in [0.717, 1.165) is 0 Å². The van der Waals surface area contributed by atoms with Crippen molar-refractivity contribution < 1.29 is 9.59 Å². The molecule has 0 radical (unpaired) electrons. The summed E-state index contributed by atoms with van der Waals surface area (Å²) >= 11 is 3.18. The summed E-state index contributed by atoms with van der Waals surface area (Å²) in [4.78, 5) is 23.8. The lowest BCUT2D eigenvalue weighted by Gasteiger charge is -2.14. The van der Waals surface area contributed by atoms with Crippen molar-refractivity contribution in [2.75, 3.05) is 12.5 Å². The van der Waals surface area contributed by atoms with Crippen molar-refractivity contribution in [2.45, 2.75) is 0 Å². The summed E-state index contributed by atoms with van der Waals surface area (Å²) < 4.78 is 0. The molecule has 0 unspecified atom stereocenters. The van der Waals surface area contributed by atoms with E-state index in [1.54, 1.807) is 31.3 Å². The lowest BCUT2D eigenvalue weighted by molar-refractivity contribution is 0.0818. The van der Waals surface area contributed by atoms with E-state index < -0.39 is 0 Å². The molecule has 14 heavy (non-hydrogen) atoms. The fraction of sp³-hybridized carbons (Fsp3) is 0.200. The first-order valence-corrected chi connectivity index (χ1v) is 5.18. The summed E-state index contributed by atoms with van der Waals surface area (Å²) in [6.45, 7) is 0. The van der Waals surface area contributed by atoms with Crippen LogP contribution in [-0.4, -0.2) is 29.6 Å². The number of amides is 1. The van der Waals surface area contributed by atoms with Crippen LogP contribution in [0.2, 0.25) is 0 Å². The number of halogens is 1. The van der Waals surface area contributed by atoms with Crippen molar-refractivity contribution in [1.82, 2.24) is 4.90 Å². The second kappa shape index (κ2) is 4.91. The van der Waals surface area contributed by atoms with Crippen molar-refractivity contribution >= 4 is 28.1 Å². The summed E-state index contributed by atoms with van der Waals surface area (Å²) in [5, 5.41) is 0. The van der Waals surface area contributed by atoms with E-state index in [0.29, 0.717) is 22.9 Å². The van der Waals surface area contributed by atoms with Crippen LogP contribution >= 0.6 is 15.9 Å². The Labute approximate surface area is 90.8 Å². The first-order chi connectivity index (χ1) is 6.70. The molecule has 4 heteroatoms. The molecule has 0 heterocycles. The van der Waals surface area contributed by atoms with Gasteiger partial charge in [0.05, 0.1) is 11.0 Å². The summed E-state index contributed by atoms with van der Waals surface area (Å²) in [6.07, 6.45) is 0.690. The highest BCUT2D eigenvalue weighted by Crippen LogP contribution is 2.09. The Balaban J connectivity index is 3.05. The van der Waals surface area contributed by atoms with Crippen LogP contribution in [0.3, 0.4) is 0 Å². The topological polar surface area (TPSA) is 37.4 Å². The van der Waals surface area contributed by atoms with Crippen molar-refractivity contribution in [3.8, 4) is 0 Å². The lowest BCUT2D eigenvalue weighted by atomic mass is 10.1. The minimum atomic E-state index is -0.162. The molecule has 3 nitrogen and oxygen atoms in total. The summed E-state index contributed by atoms with van der Waals surface area (Å²) in [6, 6.07) is 6.74. The number of aldehydes is 1. The minimum absolute atomic E-state index is 0.162. The van der Waals surface area contributed by atoms with Gasteiger partial charge in [-0.15, -0.1) is 0 Å². The minimum Gasteiger partial charge on any atom is -0.332 e. The number of benzene rings is 1. The van der Waals surface area contributed by atoms with Gasteiger partial charge >= 0.3 is 0 Å². The standard InChI is InChI=1S/C10H10BrNO2/c1-12(7-11)10(14)9-5-3-2-4-8(9)6-13/h2-6H,7H2,1H3. The normalized spacial score (nSPS) is 9.57. The van der Waals surface area contributed by atoms with Crippen LogP contribution in [0.25, 0.3) is 0 Å². The van der Waals surface area contributed by atoms with Crippen molar-refractivity contribution in [3.05, 3.63) is 35.4 Å². The third kappa shape index (κ3) is 2.20. The van der Waals surface area contributed by atoms with Gasteiger partial charge in [-0.3, -0.25) is 9.59 Å². The van der Waals surface area contributed by atoms with Crippen LogP contribution in [0, 0.1) is 0 Å². The van der Waals surface area contributed by atoms with E-state index in [2.05, 4.69) is 15.9 Å². The first-order valence-electron chi connectivity index (χ1n) is 4.06. The number of carbonyl (C=O) groups is 2. The number of hydrogen-bond donors (Lipinski definition) is 0. The quantitative estimate of drug-likeness (QED) is 0.470. The molecule has 0 aromatic heterocycles. The van der Waals surface area contributed by atoms with Gasteiger partial charge in [-0.2, -0.15) is 0 Å². The Morgan fingerprint density at radius 1 is 1.50 bits per heavy atom. The maximum Gasteiger partial charge on any atom is 0.255 e. The lowest BCUT2D eigenvalue weighted by Crippen LogP contribution is -2.25. The number of hydrogen-bond acceptors (Lipinski definition) is 2. The molecule has 1 rings (SSSR count). The molecule has 0 aliphatic rings. The predicted octanol–water partition coefficient (Wildman–Crippen LogP) is 1.92. The highest BCUT2D eigenvalue weighted by Gasteiger charge is 2.13. The average molecular weight is 256 g/mol. The molecule has 0 atom stereocenters. The Kier molecular flexibility index (Phi) is 3.83. The second-order valence-corrected chi connectivity index (χ2v) is 3.33. The zero-order chi connectivity index (χ0) is 10.6. The van der Waals surface area contributed by atoms with E-state index in [1.807, 2.05) is 0 Å². The molecule has 1 aromatic carbocycles. The van der Waals surface area contributed by atoms with Gasteiger partial charge in [0.1, 0.15) is 0 Å². The Morgan fingerprint density at radius 3 is 2.71 bits per heavy atom. The molecule has 0 saturated heterocycles. The molecule has 0 saturated carbocycles. The number of nitrogens with zero attached hydrogens (tertiary/aromatic N) is 1. The largest absolute Gasteiger partial charge is 0.332 e. The van der Waals surface area contributed by atoms with Crippen LogP contribution in [0.1, 0.15) is 20.7 Å². The van der Waals surface area contributed by atoms with E-state index in [9.17, 15) is 9.59 Å². The average Bonchev–Trinajstić information content (AvgIpc) is 2.26. The molecular weight excluding hydrogens is 246 g/mol. The summed E-state index contributed by atoms with van der Waals surface area (Å²) in [5.74, 6) is -0.162. The Hall–Kier alpha value is -1.16. The molecular formula is C10H10BrNO2. The monoisotopic (exact) mass is 255 g/mol. The van der Waals surface area contributed by atoms with Gasteiger partial charge in [0, 0.05) is 12.6 Å². The zero-order valence-corrected chi connectivity index (χ0v) is 9.32. The highest BCUT2D eigenvalue weighted by atomic mass is 79.9. The van der Waals surface area contributed by atoms with E-state index >= 15 is 0 Å². The molecule has 1 aromatic rings. The van der Waals surface area contributed by atoms with Crippen molar-refractivity contribution in [3.63, 3.8) is 0 Å². The van der Waals surface area contributed by atoms with Crippen LogP contribution in [0.4, 0.5) is 0 Å². The Bertz CT molecular complexity index is 352. The van der Waals surface area contributed by atoms with Gasteiger partial charge in [-0.1, -0.05) is 34.1 Å². The number of carbonyl (C=O) groups excluding carboxylic acids is 2. The summed E-state index contributed by atoms with van der Waals surface area (Å²) in [5.41, 5.74) is 1.30. The van der Waals surface area contributed by atoms with Crippen LogP contribution in [-0.2, 0) is 0 Å².